The summed E-state index contributed by atoms with van der Waals surface area (Å²) < 4.78 is 47.3. The van der Waals surface area contributed by atoms with Crippen molar-refractivity contribution in [2.24, 2.45) is 10.9 Å². The van der Waals surface area contributed by atoms with E-state index >= 15 is 0 Å². The zero-order chi connectivity index (χ0) is 21.0. The SMILES string of the molecule is CCOC(=O)C1CCCN(C(=NC)NC2CC2c2ccccc2OC(F)(F)F)C1.I. The molecule has 0 aromatic heterocycles. The monoisotopic (exact) mass is 541 g/mol. The van der Waals surface area contributed by atoms with Crippen LogP contribution in [0, 0.1) is 5.92 Å². The van der Waals surface area contributed by atoms with Crippen LogP contribution < -0.4 is 10.1 Å². The molecule has 6 nitrogen and oxygen atoms in total. The summed E-state index contributed by atoms with van der Waals surface area (Å²) in [6.07, 6.45) is -2.41. The second-order valence-corrected chi connectivity index (χ2v) is 7.26. The highest BCUT2D eigenvalue weighted by molar-refractivity contribution is 14.0. The first kappa shape index (κ1) is 24.5. The smallest absolute Gasteiger partial charge is 0.466 e. The summed E-state index contributed by atoms with van der Waals surface area (Å²) in [6.45, 7) is 3.42. The lowest BCUT2D eigenvalue weighted by atomic mass is 9.98. The molecule has 1 aliphatic carbocycles. The number of likely N-dealkylation sites (tertiary alicyclic amines) is 1. The minimum atomic E-state index is -4.72. The standard InChI is InChI=1S/C20H26F3N3O3.HI/c1-3-28-18(27)13-7-6-10-26(12-13)19(24-2)25-16-11-15(16)14-8-4-5-9-17(14)29-20(21,22)23;/h4-5,8-9,13,15-16H,3,6-7,10-12H2,1-2H3,(H,24,25);1H. The van der Waals surface area contributed by atoms with E-state index < -0.39 is 6.36 Å². The third-order valence-electron chi connectivity index (χ3n) is 5.20. The van der Waals surface area contributed by atoms with Gasteiger partial charge >= 0.3 is 12.3 Å². The zero-order valence-corrected chi connectivity index (χ0v) is 19.3. The topological polar surface area (TPSA) is 63.2 Å². The van der Waals surface area contributed by atoms with E-state index in [2.05, 4.69) is 15.0 Å². The summed E-state index contributed by atoms with van der Waals surface area (Å²) in [4.78, 5) is 18.4. The number of halogens is 4. The molecule has 1 aliphatic heterocycles. The van der Waals surface area contributed by atoms with Crippen molar-refractivity contribution in [1.82, 2.24) is 10.2 Å². The predicted octanol–water partition coefficient (Wildman–Crippen LogP) is 3.91. The van der Waals surface area contributed by atoms with Gasteiger partial charge in [-0.05, 0) is 37.8 Å². The lowest BCUT2D eigenvalue weighted by Crippen LogP contribution is -2.49. The van der Waals surface area contributed by atoms with Crippen molar-refractivity contribution in [2.75, 3.05) is 26.7 Å². The number of guanidine groups is 1. The predicted molar refractivity (Wildman–Crippen MR) is 117 cm³/mol. The van der Waals surface area contributed by atoms with E-state index in [1.54, 1.807) is 26.1 Å². The largest absolute Gasteiger partial charge is 0.573 e. The molecular formula is C20H27F3IN3O3. The molecule has 1 aromatic rings. The molecule has 0 spiro atoms. The van der Waals surface area contributed by atoms with Gasteiger partial charge in [-0.1, -0.05) is 18.2 Å². The fourth-order valence-electron chi connectivity index (χ4n) is 3.79. The molecule has 30 heavy (non-hydrogen) atoms. The molecule has 10 heteroatoms. The number of hydrogen-bond donors (Lipinski definition) is 1. The van der Waals surface area contributed by atoms with Gasteiger partial charge in [0.05, 0.1) is 12.5 Å². The Bertz CT molecular complexity index is 760. The summed E-state index contributed by atoms with van der Waals surface area (Å²) in [5.41, 5.74) is 0.529. The molecule has 2 fully saturated rings. The van der Waals surface area contributed by atoms with Crippen molar-refractivity contribution >= 4 is 35.9 Å². The number of esters is 1. The summed E-state index contributed by atoms with van der Waals surface area (Å²) in [6, 6.07) is 6.19. The highest BCUT2D eigenvalue weighted by Gasteiger charge is 2.43. The van der Waals surface area contributed by atoms with Gasteiger partial charge in [-0.25, -0.2) is 0 Å². The number of carbonyl (C=O) groups is 1. The first-order chi connectivity index (χ1) is 13.8. The maximum Gasteiger partial charge on any atom is 0.573 e. The van der Waals surface area contributed by atoms with Gasteiger partial charge in [-0.15, -0.1) is 37.1 Å². The number of ether oxygens (including phenoxy) is 2. The van der Waals surface area contributed by atoms with E-state index in [1.807, 2.05) is 4.90 Å². The first-order valence-electron chi connectivity index (χ1n) is 9.82. The van der Waals surface area contributed by atoms with Gasteiger partial charge in [0, 0.05) is 32.1 Å². The Hall–Kier alpha value is -1.72. The minimum Gasteiger partial charge on any atom is -0.466 e. The van der Waals surface area contributed by atoms with Crippen LogP contribution in [0.2, 0.25) is 0 Å². The molecule has 1 saturated heterocycles. The lowest BCUT2D eigenvalue weighted by Gasteiger charge is -2.34. The molecule has 1 N–H and O–H groups in total. The highest BCUT2D eigenvalue weighted by Crippen LogP contribution is 2.45. The maximum absolute atomic E-state index is 12.7. The van der Waals surface area contributed by atoms with E-state index in [1.165, 1.54) is 12.1 Å². The first-order valence-corrected chi connectivity index (χ1v) is 9.82. The Morgan fingerprint density at radius 1 is 1.33 bits per heavy atom. The fourth-order valence-corrected chi connectivity index (χ4v) is 3.79. The highest BCUT2D eigenvalue weighted by atomic mass is 127. The van der Waals surface area contributed by atoms with E-state index in [-0.39, 0.29) is 53.6 Å². The van der Waals surface area contributed by atoms with Gasteiger partial charge in [-0.2, -0.15) is 0 Å². The molecule has 0 amide bonds. The summed E-state index contributed by atoms with van der Waals surface area (Å²) >= 11 is 0. The van der Waals surface area contributed by atoms with Gasteiger partial charge in [-0.3, -0.25) is 9.79 Å². The number of nitrogens with one attached hydrogen (secondary N) is 1. The molecule has 168 valence electrons. The maximum atomic E-state index is 12.7. The van der Waals surface area contributed by atoms with Crippen molar-refractivity contribution in [2.45, 2.75) is 44.5 Å². The van der Waals surface area contributed by atoms with E-state index in [0.29, 0.717) is 31.1 Å². The number of nitrogens with zero attached hydrogens (tertiary/aromatic N) is 2. The van der Waals surface area contributed by atoms with Crippen molar-refractivity contribution in [1.29, 1.82) is 0 Å². The van der Waals surface area contributed by atoms with E-state index in [4.69, 9.17) is 4.74 Å². The van der Waals surface area contributed by atoms with Crippen molar-refractivity contribution < 1.29 is 27.4 Å². The average molecular weight is 541 g/mol. The van der Waals surface area contributed by atoms with Crippen LogP contribution in [0.25, 0.3) is 0 Å². The lowest BCUT2D eigenvalue weighted by molar-refractivity contribution is -0.274. The van der Waals surface area contributed by atoms with Crippen LogP contribution >= 0.6 is 24.0 Å². The van der Waals surface area contributed by atoms with Gasteiger partial charge in [0.15, 0.2) is 5.96 Å². The molecule has 1 saturated carbocycles. The summed E-state index contributed by atoms with van der Waals surface area (Å²) in [5.74, 6) is 0.00892. The quantitative estimate of drug-likeness (QED) is 0.265. The fraction of sp³-hybridized carbons (Fsp3) is 0.600. The number of hydrogen-bond acceptors (Lipinski definition) is 4. The van der Waals surface area contributed by atoms with Crippen molar-refractivity contribution in [3.8, 4) is 5.75 Å². The number of piperidine rings is 1. The Labute approximate surface area is 191 Å². The molecular weight excluding hydrogens is 514 g/mol. The van der Waals surface area contributed by atoms with Crippen LogP contribution in [-0.4, -0.2) is 56.0 Å². The molecule has 3 atom stereocenters. The number of carbonyl (C=O) groups excluding carboxylic acids is 1. The minimum absolute atomic E-state index is 0. The molecule has 0 bridgehead atoms. The van der Waals surface area contributed by atoms with E-state index in [0.717, 1.165) is 19.4 Å². The Morgan fingerprint density at radius 3 is 2.73 bits per heavy atom. The van der Waals surface area contributed by atoms with Crippen LogP contribution in [0.15, 0.2) is 29.3 Å². The molecule has 0 radical (unpaired) electrons. The average Bonchev–Trinajstić information content (AvgIpc) is 3.44. The van der Waals surface area contributed by atoms with Crippen molar-refractivity contribution in [3.63, 3.8) is 0 Å². The van der Waals surface area contributed by atoms with Crippen LogP contribution in [0.4, 0.5) is 13.2 Å². The number of benzene rings is 1. The van der Waals surface area contributed by atoms with Crippen LogP contribution in [0.1, 0.15) is 37.7 Å². The zero-order valence-electron chi connectivity index (χ0n) is 16.9. The third-order valence-corrected chi connectivity index (χ3v) is 5.20. The third kappa shape index (κ3) is 6.39. The number of alkyl halides is 3. The van der Waals surface area contributed by atoms with Gasteiger partial charge in [0.25, 0.3) is 0 Å². The summed E-state index contributed by atoms with van der Waals surface area (Å²) in [5, 5.41) is 3.33. The molecule has 1 heterocycles. The second kappa shape index (κ2) is 10.5. The van der Waals surface area contributed by atoms with Gasteiger partial charge in [0.1, 0.15) is 5.75 Å². The summed E-state index contributed by atoms with van der Waals surface area (Å²) in [7, 11) is 1.66. The Kier molecular flexibility index (Phi) is 8.62. The van der Waals surface area contributed by atoms with Crippen molar-refractivity contribution in [3.05, 3.63) is 29.8 Å². The number of aliphatic imine (C=N–C) groups is 1. The second-order valence-electron chi connectivity index (χ2n) is 7.26. The Morgan fingerprint density at radius 2 is 2.07 bits per heavy atom. The van der Waals surface area contributed by atoms with Crippen LogP contribution in [0.3, 0.4) is 0 Å². The van der Waals surface area contributed by atoms with Crippen LogP contribution in [-0.2, 0) is 9.53 Å². The van der Waals surface area contributed by atoms with Crippen LogP contribution in [0.5, 0.6) is 5.75 Å². The molecule has 1 aromatic carbocycles. The molecule has 3 unspecified atom stereocenters. The molecule has 3 rings (SSSR count). The van der Waals surface area contributed by atoms with E-state index in [9.17, 15) is 18.0 Å². The number of rotatable bonds is 5. The van der Waals surface area contributed by atoms with Gasteiger partial charge in [0.2, 0.25) is 0 Å². The molecule has 2 aliphatic rings. The van der Waals surface area contributed by atoms with Gasteiger partial charge < -0.3 is 19.7 Å². The number of para-hydroxylation sites is 1. The normalized spacial score (nSPS) is 24.0. The Balaban J connectivity index is 0.00000320.